The van der Waals surface area contributed by atoms with Crippen LogP contribution in [0.4, 0.5) is 10.5 Å². The molecule has 0 aromatic heterocycles. The number of nitrogens with one attached hydrogen (secondary N) is 1. The molecule has 4 aliphatic rings. The number of hydrogen-bond donors (Lipinski definition) is 3. The van der Waals surface area contributed by atoms with Crippen LogP contribution in [-0.2, 0) is 14.4 Å². The minimum absolute atomic E-state index is 0.0309. The number of fused-ring (bicyclic) bond motifs is 2. The van der Waals surface area contributed by atoms with E-state index in [0.29, 0.717) is 54.5 Å². The van der Waals surface area contributed by atoms with Gasteiger partial charge in [-0.05, 0) is 92.7 Å². The topological polar surface area (TPSA) is 158 Å². The Kier molecular flexibility index (Phi) is 14.2. The lowest BCUT2D eigenvalue weighted by molar-refractivity contribution is -0.257. The van der Waals surface area contributed by atoms with E-state index >= 15 is 0 Å². The van der Waals surface area contributed by atoms with E-state index in [4.69, 9.17) is 28.5 Å². The molecule has 3 N–H and O–H groups in total. The summed E-state index contributed by atoms with van der Waals surface area (Å²) in [5.41, 5.74) is 2.96. The fourth-order valence-corrected chi connectivity index (χ4v) is 9.19. The molecular weight excluding hydrogens is 730 g/mol. The second kappa shape index (κ2) is 19.2. The molecule has 0 unspecified atom stereocenters. The number of amides is 2. The summed E-state index contributed by atoms with van der Waals surface area (Å²) in [5.74, 6) is 0.0676. The molecule has 13 nitrogen and oxygen atoms in total. The molecule has 13 heteroatoms. The van der Waals surface area contributed by atoms with Crippen LogP contribution in [0.5, 0.6) is 23.0 Å². The second-order valence-corrected chi connectivity index (χ2v) is 15.3. The van der Waals surface area contributed by atoms with Gasteiger partial charge in [0.2, 0.25) is 11.7 Å². The molecule has 2 aromatic rings. The number of carbonyl (C=O) groups excluding carboxylic acids is 2. The lowest BCUT2D eigenvalue weighted by Crippen LogP contribution is -2.70. The van der Waals surface area contributed by atoms with E-state index in [2.05, 4.69) is 30.1 Å². The summed E-state index contributed by atoms with van der Waals surface area (Å²) in [6.07, 6.45) is 10.7. The Hall–Kier alpha value is -4.59. The predicted octanol–water partition coefficient (Wildman–Crippen LogP) is 7.23. The van der Waals surface area contributed by atoms with Gasteiger partial charge in [0.15, 0.2) is 0 Å². The number of rotatable bonds is 20. The lowest BCUT2D eigenvalue weighted by atomic mass is 9.55. The number of aliphatic hydroxyl groups is 2. The van der Waals surface area contributed by atoms with E-state index in [-0.39, 0.29) is 49.4 Å². The molecule has 2 fully saturated rings. The van der Waals surface area contributed by atoms with Crippen LogP contribution in [0.2, 0.25) is 0 Å². The van der Waals surface area contributed by atoms with Gasteiger partial charge in [-0.2, -0.15) is 0 Å². The second-order valence-electron chi connectivity index (χ2n) is 15.3. The largest absolute Gasteiger partial charge is 0.497 e. The highest BCUT2D eigenvalue weighted by molar-refractivity contribution is 6.03. The zero-order chi connectivity index (χ0) is 40.5. The molecule has 0 radical (unpaired) electrons. The molecule has 3 aliphatic carbocycles. The Morgan fingerprint density at radius 1 is 1.02 bits per heavy atom. The van der Waals surface area contributed by atoms with Gasteiger partial charge in [0.05, 0.1) is 38.1 Å². The Morgan fingerprint density at radius 3 is 2.44 bits per heavy atom. The zero-order valence-corrected chi connectivity index (χ0v) is 33.7. The molecule has 2 saturated carbocycles. The van der Waals surface area contributed by atoms with Crippen molar-refractivity contribution in [2.45, 2.75) is 88.9 Å². The van der Waals surface area contributed by atoms with Gasteiger partial charge in [0, 0.05) is 49.6 Å². The normalized spacial score (nSPS) is 25.3. The number of methoxy groups -OCH3 is 2. The monoisotopic (exact) mass is 789 g/mol. The fraction of sp³-hybridized carbons (Fsp3) is 0.568. The van der Waals surface area contributed by atoms with Crippen molar-refractivity contribution in [2.75, 3.05) is 53.0 Å². The number of carbonyl (C=O) groups is 2. The van der Waals surface area contributed by atoms with Gasteiger partial charge in [-0.25, -0.2) is 4.79 Å². The fourth-order valence-electron chi connectivity index (χ4n) is 9.19. The molecule has 2 amide bonds. The molecule has 310 valence electrons. The molecule has 1 aliphatic heterocycles. The first kappa shape index (κ1) is 42.0. The third kappa shape index (κ3) is 8.95. The van der Waals surface area contributed by atoms with Gasteiger partial charge in [-0.15, -0.1) is 6.58 Å². The minimum Gasteiger partial charge on any atom is -0.497 e. The van der Waals surface area contributed by atoms with E-state index in [1.165, 1.54) is 14.2 Å². The maximum absolute atomic E-state index is 14.2. The van der Waals surface area contributed by atoms with E-state index in [9.17, 15) is 19.8 Å². The van der Waals surface area contributed by atoms with E-state index in [1.54, 1.807) is 37.5 Å². The molecule has 0 spiro atoms. The number of ether oxygens (including phenoxy) is 5. The first-order valence-electron chi connectivity index (χ1n) is 20.4. The van der Waals surface area contributed by atoms with Crippen molar-refractivity contribution in [2.24, 2.45) is 28.8 Å². The first-order valence-corrected chi connectivity index (χ1v) is 20.4. The van der Waals surface area contributed by atoms with Crippen LogP contribution in [-0.4, -0.2) is 92.3 Å². The highest BCUT2D eigenvalue weighted by Gasteiger charge is 2.65. The van der Waals surface area contributed by atoms with Gasteiger partial charge in [0.25, 0.3) is 0 Å². The van der Waals surface area contributed by atoms with Crippen LogP contribution in [0.25, 0.3) is 0 Å². The Morgan fingerprint density at radius 2 is 1.77 bits per heavy atom. The summed E-state index contributed by atoms with van der Waals surface area (Å²) in [6.45, 7) is 6.95. The van der Waals surface area contributed by atoms with Crippen LogP contribution in [0, 0.1) is 23.7 Å². The highest BCUT2D eigenvalue weighted by Crippen LogP contribution is 2.62. The molecule has 57 heavy (non-hydrogen) atoms. The average Bonchev–Trinajstić information content (AvgIpc) is 4.07. The van der Waals surface area contributed by atoms with Gasteiger partial charge in [0.1, 0.15) is 36.1 Å². The van der Waals surface area contributed by atoms with Crippen LogP contribution >= 0.6 is 0 Å². The SMILES string of the molecule is C=CCO[C@@]12Oc3ccc(OC(=O)Nc4ccc(OC)cc4OC)cc3[C@H]3[C@H](CCCCO)[C@@H](CCCCO)C=C(C(=NOC)C[C@@H]1N(CCC)C(=O)C1CC1)[C@H]32. The molecule has 2 aromatic carbocycles. The summed E-state index contributed by atoms with van der Waals surface area (Å²) in [5, 5.41) is 27.1. The quantitative estimate of drug-likeness (QED) is 0.0711. The van der Waals surface area contributed by atoms with Crippen LogP contribution in [0.1, 0.15) is 82.6 Å². The van der Waals surface area contributed by atoms with Crippen LogP contribution in [0.3, 0.4) is 0 Å². The van der Waals surface area contributed by atoms with Crippen LogP contribution < -0.4 is 24.3 Å². The third-order valence-electron chi connectivity index (χ3n) is 11.8. The van der Waals surface area contributed by atoms with E-state index in [1.807, 2.05) is 17.0 Å². The van der Waals surface area contributed by atoms with Crippen molar-refractivity contribution in [1.29, 1.82) is 0 Å². The van der Waals surface area contributed by atoms with Crippen LogP contribution in [0.15, 0.2) is 65.9 Å². The molecule has 0 bridgehead atoms. The smallest absolute Gasteiger partial charge is 0.417 e. The van der Waals surface area contributed by atoms with E-state index in [0.717, 1.165) is 61.8 Å². The number of benzene rings is 2. The number of aliphatic hydroxyl groups excluding tert-OH is 2. The van der Waals surface area contributed by atoms with Gasteiger partial charge < -0.3 is 43.6 Å². The standard InChI is InChI=1S/C44H59N3O10/c1-6-20-47(42(50)28-14-15-28)39-27-36(46-54-5)33-24-29(12-8-10-21-48)32(13-9-11-22-49)40-34-25-31(17-19-37(34)57-44(39,41(33)40)55-23-7-2)56-43(51)45-35-18-16-30(52-3)26-38(35)53-4/h7,16-19,24-26,28-29,32,39-41,48-49H,2,6,8-15,20-23,27H2,1,3-5H3,(H,45,51)/t29-,32+,39-,40+,41+,44+/m0/s1. The van der Waals surface area contributed by atoms with Crippen molar-refractivity contribution in [3.05, 3.63) is 66.3 Å². The highest BCUT2D eigenvalue weighted by atomic mass is 16.7. The van der Waals surface area contributed by atoms with Crippen molar-refractivity contribution >= 4 is 23.4 Å². The average molecular weight is 790 g/mol. The van der Waals surface area contributed by atoms with Gasteiger partial charge in [-0.1, -0.05) is 37.1 Å². The summed E-state index contributed by atoms with van der Waals surface area (Å²) in [6, 6.07) is 9.95. The number of anilines is 1. The first-order chi connectivity index (χ1) is 27.8. The van der Waals surface area contributed by atoms with Gasteiger partial charge >= 0.3 is 6.09 Å². The number of hydrogen-bond acceptors (Lipinski definition) is 11. The third-order valence-corrected chi connectivity index (χ3v) is 11.8. The van der Waals surface area contributed by atoms with Crippen molar-refractivity contribution in [3.63, 3.8) is 0 Å². The number of unbranched alkanes of at least 4 members (excludes halogenated alkanes) is 2. The molecule has 6 atom stereocenters. The minimum atomic E-state index is -1.32. The zero-order valence-electron chi connectivity index (χ0n) is 33.7. The summed E-state index contributed by atoms with van der Waals surface area (Å²) in [4.78, 5) is 35.2. The summed E-state index contributed by atoms with van der Waals surface area (Å²) < 4.78 is 31.0. The van der Waals surface area contributed by atoms with Crippen molar-refractivity contribution in [3.8, 4) is 23.0 Å². The Labute approximate surface area is 336 Å². The van der Waals surface area contributed by atoms with Gasteiger partial charge in [-0.3, -0.25) is 10.1 Å². The molecule has 0 saturated heterocycles. The molecular formula is C44H59N3O10. The summed E-state index contributed by atoms with van der Waals surface area (Å²) in [7, 11) is 4.60. The predicted molar refractivity (Wildman–Crippen MR) is 216 cm³/mol. The van der Waals surface area contributed by atoms with Crippen molar-refractivity contribution < 1.29 is 48.3 Å². The maximum Gasteiger partial charge on any atom is 0.417 e. The number of allylic oxidation sites excluding steroid dienone is 1. The number of nitrogens with zero attached hydrogens (tertiary/aromatic N) is 2. The van der Waals surface area contributed by atoms with E-state index < -0.39 is 23.8 Å². The lowest BCUT2D eigenvalue weighted by Gasteiger charge is -2.60. The maximum atomic E-state index is 14.2. The summed E-state index contributed by atoms with van der Waals surface area (Å²) >= 11 is 0. The van der Waals surface area contributed by atoms with Crippen molar-refractivity contribution in [1.82, 2.24) is 4.90 Å². The Balaban J connectivity index is 1.50. The Bertz CT molecular complexity index is 1790. The molecule has 1 heterocycles. The number of oxime groups is 1. The molecule has 6 rings (SSSR count).